The molecule has 7 nitrogen and oxygen atoms in total. The molecule has 4 rings (SSSR count). The summed E-state index contributed by atoms with van der Waals surface area (Å²) in [5.74, 6) is -1.29. The molecule has 2 aromatic carbocycles. The monoisotopic (exact) mass is 610 g/mol. The second-order valence-corrected chi connectivity index (χ2v) is 15.6. The van der Waals surface area contributed by atoms with Gasteiger partial charge in [0.15, 0.2) is 0 Å². The van der Waals surface area contributed by atoms with Crippen molar-refractivity contribution in [3.63, 3.8) is 0 Å². The summed E-state index contributed by atoms with van der Waals surface area (Å²) >= 11 is 0. The Kier molecular flexibility index (Phi) is 11.1. The number of carboxylic acid groups (broad SMARTS) is 1. The van der Waals surface area contributed by atoms with Gasteiger partial charge in [-0.2, -0.15) is 0 Å². The first-order valence-corrected chi connectivity index (χ1v) is 18.1. The van der Waals surface area contributed by atoms with Gasteiger partial charge >= 0.3 is 5.97 Å². The molecule has 8 heteroatoms. The fraction of sp³-hybridized carbons (Fsp3) is 0.600. The molecule has 236 valence electrons. The standard InChI is InChI=1S/C35H50N2O5S/c1-25(2)37(35(19-10-11-20-35)23-27-13-6-5-7-14-27)24-28-16-17-30(31(22-28)29-15-9-8-12-26(29)3)33(38)36-32(34(39)40)18-21-43(4,41)42/h8-9,12,15-17,22,25,27,32H,5-7,10-11,13-14,18-21,23-24H2,1-4H3,(H,36,38)(H,39,40)/t32-/m0/s1. The molecule has 0 aliphatic heterocycles. The maximum Gasteiger partial charge on any atom is 0.326 e. The molecule has 1 atom stereocenters. The summed E-state index contributed by atoms with van der Waals surface area (Å²) in [5, 5.41) is 12.3. The third kappa shape index (κ3) is 8.69. The molecule has 0 unspecified atom stereocenters. The predicted molar refractivity (Wildman–Crippen MR) is 173 cm³/mol. The average Bonchev–Trinajstić information content (AvgIpc) is 3.42. The van der Waals surface area contributed by atoms with E-state index in [1.54, 1.807) is 0 Å². The fourth-order valence-electron chi connectivity index (χ4n) is 7.48. The number of sulfone groups is 1. The van der Waals surface area contributed by atoms with E-state index >= 15 is 0 Å². The molecule has 2 aliphatic carbocycles. The number of carboxylic acids is 1. The molecule has 0 radical (unpaired) electrons. The summed E-state index contributed by atoms with van der Waals surface area (Å²) < 4.78 is 23.4. The first kappa shape index (κ1) is 33.2. The highest BCUT2D eigenvalue weighted by atomic mass is 32.2. The summed E-state index contributed by atoms with van der Waals surface area (Å²) in [4.78, 5) is 28.2. The molecule has 1 amide bonds. The molecule has 2 aliphatic rings. The van der Waals surface area contributed by atoms with Gasteiger partial charge in [0.05, 0.1) is 5.75 Å². The molecular weight excluding hydrogens is 560 g/mol. The molecule has 2 N–H and O–H groups in total. The first-order valence-electron chi connectivity index (χ1n) is 16.1. The molecular formula is C35H50N2O5S. The highest BCUT2D eigenvalue weighted by Gasteiger charge is 2.42. The van der Waals surface area contributed by atoms with Gasteiger partial charge in [-0.05, 0) is 86.8 Å². The first-order chi connectivity index (χ1) is 20.4. The molecule has 0 saturated heterocycles. The van der Waals surface area contributed by atoms with Crippen LogP contribution in [0.1, 0.15) is 106 Å². The van der Waals surface area contributed by atoms with Crippen molar-refractivity contribution in [2.24, 2.45) is 5.92 Å². The zero-order valence-corrected chi connectivity index (χ0v) is 27.2. The number of aryl methyl sites for hydroxylation is 1. The second-order valence-electron chi connectivity index (χ2n) is 13.3. The van der Waals surface area contributed by atoms with Gasteiger partial charge in [0, 0.05) is 29.9 Å². The Labute approximate surface area is 258 Å². The third-order valence-corrected chi connectivity index (χ3v) is 10.6. The lowest BCUT2D eigenvalue weighted by atomic mass is 9.77. The van der Waals surface area contributed by atoms with Crippen molar-refractivity contribution in [2.75, 3.05) is 12.0 Å². The van der Waals surface area contributed by atoms with Gasteiger partial charge in [0.25, 0.3) is 5.91 Å². The summed E-state index contributed by atoms with van der Waals surface area (Å²) in [7, 11) is -3.38. The number of benzene rings is 2. The Bertz CT molecular complexity index is 1370. The number of aliphatic carboxylic acids is 1. The van der Waals surface area contributed by atoms with Crippen LogP contribution in [0.25, 0.3) is 11.1 Å². The van der Waals surface area contributed by atoms with Crippen LogP contribution in [0.15, 0.2) is 42.5 Å². The van der Waals surface area contributed by atoms with E-state index in [4.69, 9.17) is 0 Å². The van der Waals surface area contributed by atoms with E-state index in [1.165, 1.54) is 64.2 Å². The van der Waals surface area contributed by atoms with Gasteiger partial charge in [-0.25, -0.2) is 13.2 Å². The molecule has 0 aromatic heterocycles. The van der Waals surface area contributed by atoms with Crippen molar-refractivity contribution < 1.29 is 23.1 Å². The van der Waals surface area contributed by atoms with Crippen LogP contribution in [-0.2, 0) is 21.2 Å². The van der Waals surface area contributed by atoms with Gasteiger partial charge in [-0.1, -0.05) is 75.3 Å². The molecule has 0 spiro atoms. The lowest BCUT2D eigenvalue weighted by Crippen LogP contribution is -2.51. The topological polar surface area (TPSA) is 104 Å². The molecule has 2 fully saturated rings. The Morgan fingerprint density at radius 2 is 1.67 bits per heavy atom. The SMILES string of the molecule is Cc1ccccc1-c1cc(CN(C(C)C)C2(CC3CCCCC3)CCCC2)ccc1C(=O)N[C@@H](CCS(C)(=O)=O)C(=O)O. The third-order valence-electron chi connectivity index (χ3n) is 9.66. The summed E-state index contributed by atoms with van der Waals surface area (Å²) in [6.07, 6.45) is 13.9. The quantitative estimate of drug-likeness (QED) is 0.259. The van der Waals surface area contributed by atoms with Crippen LogP contribution in [0.5, 0.6) is 0 Å². The van der Waals surface area contributed by atoms with Gasteiger partial charge in [-0.15, -0.1) is 0 Å². The highest BCUT2D eigenvalue weighted by Crippen LogP contribution is 2.45. The Hall–Kier alpha value is -2.71. The van der Waals surface area contributed by atoms with Crippen LogP contribution < -0.4 is 5.32 Å². The normalized spacial score (nSPS) is 18.2. The van der Waals surface area contributed by atoms with E-state index in [-0.39, 0.29) is 17.7 Å². The zero-order chi connectivity index (χ0) is 31.2. The molecule has 0 bridgehead atoms. The number of nitrogens with one attached hydrogen (secondary N) is 1. The number of rotatable bonds is 13. The molecule has 43 heavy (non-hydrogen) atoms. The van der Waals surface area contributed by atoms with Crippen molar-refractivity contribution in [3.05, 3.63) is 59.2 Å². The lowest BCUT2D eigenvalue weighted by Gasteiger charge is -2.47. The van der Waals surface area contributed by atoms with E-state index in [0.717, 1.165) is 41.0 Å². The fourth-order valence-corrected chi connectivity index (χ4v) is 8.14. The van der Waals surface area contributed by atoms with Crippen LogP contribution in [0.3, 0.4) is 0 Å². The van der Waals surface area contributed by atoms with Crippen molar-refractivity contribution in [2.45, 2.75) is 116 Å². The maximum absolute atomic E-state index is 13.6. The molecule has 0 heterocycles. The predicted octanol–water partition coefficient (Wildman–Crippen LogP) is 6.77. The van der Waals surface area contributed by atoms with E-state index in [2.05, 4.69) is 30.1 Å². The number of hydrogen-bond acceptors (Lipinski definition) is 5. The Balaban J connectivity index is 1.67. The number of nitrogens with zero attached hydrogens (tertiary/aromatic N) is 1. The summed E-state index contributed by atoms with van der Waals surface area (Å²) in [6, 6.07) is 12.9. The van der Waals surface area contributed by atoms with Gasteiger partial charge in [0.1, 0.15) is 15.9 Å². The van der Waals surface area contributed by atoms with Crippen LogP contribution in [-0.4, -0.2) is 59.9 Å². The minimum Gasteiger partial charge on any atom is -0.480 e. The summed E-state index contributed by atoms with van der Waals surface area (Å²) in [5.41, 5.74) is 4.42. The van der Waals surface area contributed by atoms with Gasteiger partial charge < -0.3 is 10.4 Å². The van der Waals surface area contributed by atoms with Crippen LogP contribution in [0.2, 0.25) is 0 Å². The average molecular weight is 611 g/mol. The van der Waals surface area contributed by atoms with Crippen LogP contribution in [0.4, 0.5) is 0 Å². The molecule has 2 aromatic rings. The number of amides is 1. The Morgan fingerprint density at radius 1 is 1.00 bits per heavy atom. The smallest absolute Gasteiger partial charge is 0.326 e. The van der Waals surface area contributed by atoms with Crippen molar-refractivity contribution in [1.29, 1.82) is 0 Å². The molecule has 2 saturated carbocycles. The maximum atomic E-state index is 13.6. The number of hydrogen-bond donors (Lipinski definition) is 2. The van der Waals surface area contributed by atoms with Crippen LogP contribution in [0, 0.1) is 12.8 Å². The highest BCUT2D eigenvalue weighted by molar-refractivity contribution is 7.90. The van der Waals surface area contributed by atoms with Gasteiger partial charge in [0.2, 0.25) is 0 Å². The van der Waals surface area contributed by atoms with Crippen molar-refractivity contribution >= 4 is 21.7 Å². The van der Waals surface area contributed by atoms with Crippen molar-refractivity contribution in [3.8, 4) is 11.1 Å². The zero-order valence-electron chi connectivity index (χ0n) is 26.4. The van der Waals surface area contributed by atoms with E-state index in [1.807, 2.05) is 43.3 Å². The Morgan fingerprint density at radius 3 is 2.28 bits per heavy atom. The lowest BCUT2D eigenvalue weighted by molar-refractivity contribution is -0.139. The van der Waals surface area contributed by atoms with Crippen molar-refractivity contribution in [1.82, 2.24) is 10.2 Å². The largest absolute Gasteiger partial charge is 0.480 e. The summed E-state index contributed by atoms with van der Waals surface area (Å²) in [6.45, 7) is 7.40. The van der Waals surface area contributed by atoms with Gasteiger partial charge in [-0.3, -0.25) is 9.69 Å². The number of carbonyl (C=O) groups excluding carboxylic acids is 1. The number of carbonyl (C=O) groups is 2. The second kappa shape index (κ2) is 14.4. The minimum atomic E-state index is -3.38. The van der Waals surface area contributed by atoms with E-state index in [0.29, 0.717) is 11.6 Å². The minimum absolute atomic E-state index is 0.190. The van der Waals surface area contributed by atoms with Crippen LogP contribution >= 0.6 is 0 Å². The van der Waals surface area contributed by atoms with E-state index in [9.17, 15) is 23.1 Å². The van der Waals surface area contributed by atoms with E-state index < -0.39 is 27.8 Å².